The van der Waals surface area contributed by atoms with Crippen molar-refractivity contribution in [1.29, 1.82) is 5.53 Å². The lowest BCUT2D eigenvalue weighted by Crippen LogP contribution is -1.79. The molecule has 0 radical (unpaired) electrons. The molecule has 2 N–H and O–H groups in total. The Hall–Kier alpha value is -1.38. The molecular formula is C7H10N2O. The van der Waals surface area contributed by atoms with Crippen LogP contribution in [0.3, 0.4) is 0 Å². The molecule has 0 aromatic carbocycles. The number of hydrogen-bond acceptors (Lipinski definition) is 3. The Bertz CT molecular complexity index is 192. The number of nitrogens with zero attached hydrogens (tertiary/aromatic N) is 1. The van der Waals surface area contributed by atoms with Crippen molar-refractivity contribution in [2.45, 2.75) is 6.92 Å². The molecule has 0 unspecified atom stereocenters. The molecule has 0 aliphatic heterocycles. The zero-order valence-electron chi connectivity index (χ0n) is 5.83. The molecule has 0 aliphatic rings. The van der Waals surface area contributed by atoms with Gasteiger partial charge in [-0.15, -0.1) is 0 Å². The predicted molar refractivity (Wildman–Crippen MR) is 39.8 cm³/mol. The topological polar surface area (TPSA) is 56.4 Å². The largest absolute Gasteiger partial charge is 0.506 e. The molecule has 0 aliphatic carbocycles. The summed E-state index contributed by atoms with van der Waals surface area (Å²) < 4.78 is 0. The van der Waals surface area contributed by atoms with Crippen LogP contribution in [0.15, 0.2) is 41.4 Å². The summed E-state index contributed by atoms with van der Waals surface area (Å²) in [7, 11) is 0. The first-order valence-electron chi connectivity index (χ1n) is 2.81. The SMILES string of the molecule is C=C(N=N)/C(O)=C\C=C/C. The standard InChI is InChI=1S/C7H10N2O/c1-3-4-5-7(10)6(2)9-8/h3-5,8,10H,2H2,1H3/b4-3-,7-5+,9-8?. The minimum atomic E-state index is -0.0758. The van der Waals surface area contributed by atoms with Crippen molar-refractivity contribution in [3.8, 4) is 0 Å². The molecule has 3 heteroatoms. The van der Waals surface area contributed by atoms with Gasteiger partial charge in [-0.3, -0.25) is 0 Å². The van der Waals surface area contributed by atoms with Crippen LogP contribution in [0, 0.1) is 5.53 Å². The Morgan fingerprint density at radius 2 is 2.30 bits per heavy atom. The van der Waals surface area contributed by atoms with Crippen LogP contribution in [0.2, 0.25) is 0 Å². The minimum Gasteiger partial charge on any atom is -0.506 e. The molecule has 0 amide bonds. The summed E-state index contributed by atoms with van der Waals surface area (Å²) in [6.45, 7) is 5.14. The van der Waals surface area contributed by atoms with Crippen LogP contribution in [0.5, 0.6) is 0 Å². The van der Waals surface area contributed by atoms with Gasteiger partial charge in [0.25, 0.3) is 0 Å². The first-order valence-corrected chi connectivity index (χ1v) is 2.81. The van der Waals surface area contributed by atoms with Crippen LogP contribution in [0.1, 0.15) is 6.92 Å². The van der Waals surface area contributed by atoms with Crippen molar-refractivity contribution in [2.24, 2.45) is 5.11 Å². The smallest absolute Gasteiger partial charge is 0.142 e. The fourth-order valence-corrected chi connectivity index (χ4v) is 0.341. The molecular weight excluding hydrogens is 128 g/mol. The molecule has 0 rings (SSSR count). The summed E-state index contributed by atoms with van der Waals surface area (Å²) in [5, 5.41) is 11.9. The van der Waals surface area contributed by atoms with E-state index in [0.29, 0.717) is 0 Å². The van der Waals surface area contributed by atoms with Gasteiger partial charge in [0.05, 0.1) is 0 Å². The molecule has 0 bridgehead atoms. The Labute approximate surface area is 59.9 Å². The second-order valence-electron chi connectivity index (χ2n) is 1.64. The van der Waals surface area contributed by atoms with E-state index >= 15 is 0 Å². The molecule has 0 saturated heterocycles. The van der Waals surface area contributed by atoms with E-state index in [0.717, 1.165) is 0 Å². The third kappa shape index (κ3) is 2.81. The molecule has 3 nitrogen and oxygen atoms in total. The fraction of sp³-hybridized carbons (Fsp3) is 0.143. The number of aliphatic hydroxyl groups excluding tert-OH is 1. The van der Waals surface area contributed by atoms with Gasteiger partial charge in [-0.25, -0.2) is 5.53 Å². The maximum atomic E-state index is 8.95. The van der Waals surface area contributed by atoms with Crippen LogP contribution < -0.4 is 0 Å². The lowest BCUT2D eigenvalue weighted by molar-refractivity contribution is 0.421. The zero-order chi connectivity index (χ0) is 7.98. The highest BCUT2D eigenvalue weighted by Gasteiger charge is 1.93. The number of rotatable bonds is 3. The number of nitrogens with one attached hydrogen (secondary N) is 1. The summed E-state index contributed by atoms with van der Waals surface area (Å²) in [6, 6.07) is 0. The Balaban J connectivity index is 4.18. The number of hydrogen-bond donors (Lipinski definition) is 2. The predicted octanol–water partition coefficient (Wildman–Crippen LogP) is 2.55. The summed E-state index contributed by atoms with van der Waals surface area (Å²) in [6.07, 6.45) is 4.83. The molecule has 0 aromatic heterocycles. The molecule has 0 heterocycles. The van der Waals surface area contributed by atoms with E-state index in [1.54, 1.807) is 12.2 Å². The maximum Gasteiger partial charge on any atom is 0.142 e. The summed E-state index contributed by atoms with van der Waals surface area (Å²) in [5.74, 6) is -0.0758. The highest BCUT2D eigenvalue weighted by molar-refractivity contribution is 5.23. The van der Waals surface area contributed by atoms with E-state index in [1.807, 2.05) is 6.92 Å². The summed E-state index contributed by atoms with van der Waals surface area (Å²) in [5.41, 5.74) is 6.54. The van der Waals surface area contributed by atoms with Gasteiger partial charge in [0.15, 0.2) is 0 Å². The number of aliphatic hydroxyl groups is 1. The zero-order valence-corrected chi connectivity index (χ0v) is 5.83. The van der Waals surface area contributed by atoms with E-state index in [1.165, 1.54) is 6.08 Å². The molecule has 0 spiro atoms. The monoisotopic (exact) mass is 138 g/mol. The van der Waals surface area contributed by atoms with Crippen molar-refractivity contribution in [3.63, 3.8) is 0 Å². The van der Waals surface area contributed by atoms with E-state index in [4.69, 9.17) is 10.6 Å². The van der Waals surface area contributed by atoms with Gasteiger partial charge in [-0.2, -0.15) is 5.11 Å². The van der Waals surface area contributed by atoms with Gasteiger partial charge < -0.3 is 5.11 Å². The number of allylic oxidation sites excluding steroid dienone is 3. The van der Waals surface area contributed by atoms with E-state index in [-0.39, 0.29) is 11.5 Å². The average Bonchev–Trinajstić information content (AvgIpc) is 1.98. The van der Waals surface area contributed by atoms with Gasteiger partial charge in [-0.05, 0) is 13.0 Å². The molecule has 0 fully saturated rings. The van der Waals surface area contributed by atoms with Gasteiger partial charge >= 0.3 is 0 Å². The lowest BCUT2D eigenvalue weighted by atomic mass is 10.3. The Morgan fingerprint density at radius 3 is 2.70 bits per heavy atom. The average molecular weight is 138 g/mol. The van der Waals surface area contributed by atoms with Crippen LogP contribution in [-0.2, 0) is 0 Å². The second kappa shape index (κ2) is 4.49. The van der Waals surface area contributed by atoms with Gasteiger partial charge in [0.1, 0.15) is 11.5 Å². The lowest BCUT2D eigenvalue weighted by Gasteiger charge is -1.91. The van der Waals surface area contributed by atoms with Crippen molar-refractivity contribution in [3.05, 3.63) is 36.3 Å². The van der Waals surface area contributed by atoms with Crippen LogP contribution >= 0.6 is 0 Å². The first-order chi connectivity index (χ1) is 4.72. The molecule has 0 saturated carbocycles. The molecule has 0 aromatic rings. The Morgan fingerprint density at radius 1 is 1.70 bits per heavy atom. The van der Waals surface area contributed by atoms with Crippen molar-refractivity contribution >= 4 is 0 Å². The summed E-state index contributed by atoms with van der Waals surface area (Å²) in [4.78, 5) is 0. The van der Waals surface area contributed by atoms with Gasteiger partial charge in [0, 0.05) is 0 Å². The molecule has 10 heavy (non-hydrogen) atoms. The minimum absolute atomic E-state index is 0.0677. The third-order valence-corrected chi connectivity index (χ3v) is 0.877. The van der Waals surface area contributed by atoms with E-state index < -0.39 is 0 Å². The van der Waals surface area contributed by atoms with Crippen LogP contribution in [0.4, 0.5) is 0 Å². The van der Waals surface area contributed by atoms with Crippen molar-refractivity contribution in [2.75, 3.05) is 0 Å². The van der Waals surface area contributed by atoms with E-state index in [9.17, 15) is 0 Å². The van der Waals surface area contributed by atoms with E-state index in [2.05, 4.69) is 11.7 Å². The quantitative estimate of drug-likeness (QED) is 0.351. The van der Waals surface area contributed by atoms with Crippen molar-refractivity contribution < 1.29 is 5.11 Å². The van der Waals surface area contributed by atoms with Gasteiger partial charge in [-0.1, -0.05) is 18.7 Å². The Kier molecular flexibility index (Phi) is 3.87. The highest BCUT2D eigenvalue weighted by atomic mass is 16.3. The second-order valence-corrected chi connectivity index (χ2v) is 1.64. The molecule has 0 atom stereocenters. The first kappa shape index (κ1) is 8.62. The van der Waals surface area contributed by atoms with Crippen molar-refractivity contribution in [1.82, 2.24) is 0 Å². The normalized spacial score (nSPS) is 11.9. The fourth-order valence-electron chi connectivity index (χ4n) is 0.341. The van der Waals surface area contributed by atoms with Gasteiger partial charge in [0.2, 0.25) is 0 Å². The summed E-state index contributed by atoms with van der Waals surface area (Å²) >= 11 is 0. The molecule has 54 valence electrons. The highest BCUT2D eigenvalue weighted by Crippen LogP contribution is 2.03. The van der Waals surface area contributed by atoms with Crippen LogP contribution in [-0.4, -0.2) is 5.11 Å². The third-order valence-electron chi connectivity index (χ3n) is 0.877. The van der Waals surface area contributed by atoms with Crippen LogP contribution in [0.25, 0.3) is 0 Å². The maximum absolute atomic E-state index is 8.95.